The maximum atomic E-state index is 9.91. The normalized spacial score (nSPS) is 16.8. The molecule has 0 unspecified atom stereocenters. The highest BCUT2D eigenvalue weighted by Gasteiger charge is 2.09. The van der Waals surface area contributed by atoms with E-state index in [1.165, 1.54) is 5.57 Å². The molecule has 0 heterocycles. The van der Waals surface area contributed by atoms with Crippen LogP contribution in [0, 0.1) is 0 Å². The van der Waals surface area contributed by atoms with Crippen LogP contribution in [0.1, 0.15) is 24.5 Å². The Balaban J connectivity index is 1.99. The van der Waals surface area contributed by atoms with Gasteiger partial charge in [0.1, 0.15) is 0 Å². The Morgan fingerprint density at radius 3 is 2.64 bits per heavy atom. The summed E-state index contributed by atoms with van der Waals surface area (Å²) in [5, 5.41) is 9.91. The van der Waals surface area contributed by atoms with Crippen molar-refractivity contribution in [3.63, 3.8) is 0 Å². The van der Waals surface area contributed by atoms with Crippen LogP contribution in [0.2, 0.25) is 0 Å². The summed E-state index contributed by atoms with van der Waals surface area (Å²) in [5.74, 6) is 0. The van der Waals surface area contributed by atoms with Crippen molar-refractivity contribution in [2.75, 3.05) is 0 Å². The summed E-state index contributed by atoms with van der Waals surface area (Å²) in [6.07, 6.45) is 7.63. The maximum absolute atomic E-state index is 9.91. The van der Waals surface area contributed by atoms with Crippen LogP contribution in [0.25, 0.3) is 0 Å². The summed E-state index contributed by atoms with van der Waals surface area (Å²) in [7, 11) is 0. The Morgan fingerprint density at radius 1 is 1.21 bits per heavy atom. The van der Waals surface area contributed by atoms with E-state index in [1.54, 1.807) is 0 Å². The van der Waals surface area contributed by atoms with Crippen molar-refractivity contribution in [2.45, 2.75) is 18.9 Å². The lowest BCUT2D eigenvalue weighted by atomic mass is 10.0. The second-order valence-corrected chi connectivity index (χ2v) is 3.59. The van der Waals surface area contributed by atoms with Crippen LogP contribution in [0.3, 0.4) is 0 Å². The smallest absolute Gasteiger partial charge is 0.0827 e. The molecule has 1 heteroatoms. The van der Waals surface area contributed by atoms with Crippen molar-refractivity contribution < 1.29 is 5.11 Å². The van der Waals surface area contributed by atoms with Crippen molar-refractivity contribution in [3.8, 4) is 0 Å². The van der Waals surface area contributed by atoms with Gasteiger partial charge in [-0.3, -0.25) is 0 Å². The zero-order valence-electron chi connectivity index (χ0n) is 8.06. The van der Waals surface area contributed by atoms with Crippen LogP contribution in [-0.4, -0.2) is 5.11 Å². The van der Waals surface area contributed by atoms with E-state index in [1.807, 2.05) is 36.4 Å². The van der Waals surface area contributed by atoms with Gasteiger partial charge in [-0.05, 0) is 18.4 Å². The quantitative estimate of drug-likeness (QED) is 0.769. The molecule has 1 aromatic carbocycles. The lowest BCUT2D eigenvalue weighted by Gasteiger charge is -2.11. The first-order chi connectivity index (χ1) is 6.86. The molecule has 0 fully saturated rings. The second-order valence-electron chi connectivity index (χ2n) is 3.59. The molecule has 1 aliphatic carbocycles. The molecule has 0 aliphatic heterocycles. The van der Waals surface area contributed by atoms with Crippen LogP contribution in [0.5, 0.6) is 0 Å². The van der Waals surface area contributed by atoms with E-state index in [-0.39, 0.29) is 6.10 Å². The Morgan fingerprint density at radius 2 is 2.00 bits per heavy atom. The molecule has 0 bridgehead atoms. The zero-order chi connectivity index (χ0) is 9.80. The number of allylic oxidation sites excluding steroid dienone is 3. The standard InChI is InChI=1S/C13H14O/c14-13(10-11-6-4-5-7-11)12-8-2-1-3-9-12/h1-6,8-9,13-14H,7,10H2/t13-/m1/s1. The molecule has 0 radical (unpaired) electrons. The Bertz CT molecular complexity index is 349. The summed E-state index contributed by atoms with van der Waals surface area (Å²) in [4.78, 5) is 0. The monoisotopic (exact) mass is 186 g/mol. The fraction of sp³-hybridized carbons (Fsp3) is 0.231. The van der Waals surface area contributed by atoms with E-state index in [9.17, 15) is 5.11 Å². The fourth-order valence-electron chi connectivity index (χ4n) is 1.68. The van der Waals surface area contributed by atoms with E-state index < -0.39 is 0 Å². The molecule has 1 aliphatic rings. The summed E-state index contributed by atoms with van der Waals surface area (Å²) in [6, 6.07) is 9.81. The van der Waals surface area contributed by atoms with Gasteiger partial charge in [-0.1, -0.05) is 54.1 Å². The number of aliphatic hydroxyl groups excluding tert-OH is 1. The number of aliphatic hydroxyl groups is 1. The lowest BCUT2D eigenvalue weighted by molar-refractivity contribution is 0.178. The molecular weight excluding hydrogens is 172 g/mol. The molecule has 0 amide bonds. The zero-order valence-corrected chi connectivity index (χ0v) is 8.06. The third kappa shape index (κ3) is 2.12. The first-order valence-electron chi connectivity index (χ1n) is 4.94. The number of rotatable bonds is 3. The molecule has 72 valence electrons. The fourth-order valence-corrected chi connectivity index (χ4v) is 1.68. The highest BCUT2D eigenvalue weighted by molar-refractivity contribution is 5.26. The minimum atomic E-state index is -0.359. The molecule has 1 atom stereocenters. The number of hydrogen-bond donors (Lipinski definition) is 1. The van der Waals surface area contributed by atoms with Gasteiger partial charge in [-0.15, -0.1) is 0 Å². The van der Waals surface area contributed by atoms with E-state index in [4.69, 9.17) is 0 Å². The third-order valence-corrected chi connectivity index (χ3v) is 2.49. The highest BCUT2D eigenvalue weighted by atomic mass is 16.3. The van der Waals surface area contributed by atoms with E-state index in [2.05, 4.69) is 12.2 Å². The van der Waals surface area contributed by atoms with Crippen LogP contribution >= 0.6 is 0 Å². The number of benzene rings is 1. The Hall–Kier alpha value is -1.34. The van der Waals surface area contributed by atoms with Gasteiger partial charge in [-0.2, -0.15) is 0 Å². The molecule has 2 rings (SSSR count). The molecular formula is C13H14O. The number of hydrogen-bond acceptors (Lipinski definition) is 1. The molecule has 1 N–H and O–H groups in total. The first kappa shape index (κ1) is 9.22. The lowest BCUT2D eigenvalue weighted by Crippen LogP contribution is -1.97. The minimum absolute atomic E-state index is 0.359. The molecule has 1 aromatic rings. The van der Waals surface area contributed by atoms with Gasteiger partial charge >= 0.3 is 0 Å². The van der Waals surface area contributed by atoms with E-state index >= 15 is 0 Å². The SMILES string of the molecule is O[C@H](CC1=CC=CC1)c1ccccc1. The van der Waals surface area contributed by atoms with Gasteiger partial charge in [0.05, 0.1) is 6.10 Å². The van der Waals surface area contributed by atoms with E-state index in [0.29, 0.717) is 0 Å². The van der Waals surface area contributed by atoms with Crippen molar-refractivity contribution in [3.05, 3.63) is 59.7 Å². The second kappa shape index (κ2) is 4.25. The third-order valence-electron chi connectivity index (χ3n) is 2.49. The van der Waals surface area contributed by atoms with Crippen molar-refractivity contribution in [2.24, 2.45) is 0 Å². The molecule has 0 spiro atoms. The maximum Gasteiger partial charge on any atom is 0.0827 e. The average molecular weight is 186 g/mol. The predicted molar refractivity (Wildman–Crippen MR) is 57.9 cm³/mol. The summed E-state index contributed by atoms with van der Waals surface area (Å²) < 4.78 is 0. The van der Waals surface area contributed by atoms with Crippen molar-refractivity contribution >= 4 is 0 Å². The Kier molecular flexibility index (Phi) is 2.80. The molecule has 0 saturated heterocycles. The van der Waals surface area contributed by atoms with Gasteiger partial charge < -0.3 is 5.11 Å². The van der Waals surface area contributed by atoms with Crippen molar-refractivity contribution in [1.82, 2.24) is 0 Å². The van der Waals surface area contributed by atoms with Crippen molar-refractivity contribution in [1.29, 1.82) is 0 Å². The van der Waals surface area contributed by atoms with Gasteiger partial charge in [0.25, 0.3) is 0 Å². The van der Waals surface area contributed by atoms with Crippen LogP contribution in [0.15, 0.2) is 54.1 Å². The largest absolute Gasteiger partial charge is 0.388 e. The minimum Gasteiger partial charge on any atom is -0.388 e. The molecule has 1 nitrogen and oxygen atoms in total. The van der Waals surface area contributed by atoms with Gasteiger partial charge in [0.15, 0.2) is 0 Å². The van der Waals surface area contributed by atoms with E-state index in [0.717, 1.165) is 18.4 Å². The summed E-state index contributed by atoms with van der Waals surface area (Å²) >= 11 is 0. The van der Waals surface area contributed by atoms with Crippen LogP contribution in [0.4, 0.5) is 0 Å². The molecule has 0 aromatic heterocycles. The van der Waals surface area contributed by atoms with Gasteiger partial charge in [-0.25, -0.2) is 0 Å². The molecule has 14 heavy (non-hydrogen) atoms. The van der Waals surface area contributed by atoms with Crippen LogP contribution in [-0.2, 0) is 0 Å². The molecule has 0 saturated carbocycles. The summed E-state index contributed by atoms with van der Waals surface area (Å²) in [5.41, 5.74) is 2.31. The predicted octanol–water partition coefficient (Wildman–Crippen LogP) is 3.00. The topological polar surface area (TPSA) is 20.2 Å². The Labute approximate surface area is 84.4 Å². The summed E-state index contributed by atoms with van der Waals surface area (Å²) in [6.45, 7) is 0. The first-order valence-corrected chi connectivity index (χ1v) is 4.94. The van der Waals surface area contributed by atoms with Gasteiger partial charge in [0, 0.05) is 0 Å². The highest BCUT2D eigenvalue weighted by Crippen LogP contribution is 2.24. The van der Waals surface area contributed by atoms with Gasteiger partial charge in [0.2, 0.25) is 0 Å². The van der Waals surface area contributed by atoms with Crippen LogP contribution < -0.4 is 0 Å². The average Bonchev–Trinajstić information content (AvgIpc) is 2.72.